The number of thiophene rings is 1. The third kappa shape index (κ3) is 4.87. The fraction of sp³-hybridized carbons (Fsp3) is 0.353. The quantitative estimate of drug-likeness (QED) is 0.786. The number of likely N-dealkylation sites (N-methyl/N-ethyl adjacent to an activating group) is 1. The van der Waals surface area contributed by atoms with Gasteiger partial charge < -0.3 is 10.2 Å². The lowest BCUT2D eigenvalue weighted by atomic mass is 10.2. The number of hydrogen-bond acceptors (Lipinski definition) is 4. The number of nitrogens with zero attached hydrogens (tertiary/aromatic N) is 1. The van der Waals surface area contributed by atoms with Crippen molar-refractivity contribution in [3.05, 3.63) is 52.2 Å². The second-order valence-electron chi connectivity index (χ2n) is 5.35. The molecule has 3 nitrogen and oxygen atoms in total. The van der Waals surface area contributed by atoms with Gasteiger partial charge in [0, 0.05) is 16.3 Å². The van der Waals surface area contributed by atoms with Crippen LogP contribution in [0.5, 0.6) is 0 Å². The van der Waals surface area contributed by atoms with Crippen molar-refractivity contribution in [3.63, 3.8) is 0 Å². The highest BCUT2D eigenvalue weighted by Gasteiger charge is 2.16. The van der Waals surface area contributed by atoms with Gasteiger partial charge in [0.15, 0.2) is 0 Å². The van der Waals surface area contributed by atoms with E-state index in [0.29, 0.717) is 12.3 Å². The fourth-order valence-corrected chi connectivity index (χ4v) is 3.92. The van der Waals surface area contributed by atoms with Crippen molar-refractivity contribution in [1.29, 1.82) is 0 Å². The summed E-state index contributed by atoms with van der Waals surface area (Å²) in [6.45, 7) is 2.71. The van der Waals surface area contributed by atoms with Crippen molar-refractivity contribution in [2.24, 2.45) is 0 Å². The predicted octanol–water partition coefficient (Wildman–Crippen LogP) is 3.57. The van der Waals surface area contributed by atoms with Gasteiger partial charge in [0.1, 0.15) is 0 Å². The summed E-state index contributed by atoms with van der Waals surface area (Å²) in [6, 6.07) is 12.5. The summed E-state index contributed by atoms with van der Waals surface area (Å²) >= 11 is 3.31. The zero-order valence-electron chi connectivity index (χ0n) is 13.2. The molecule has 1 amide bonds. The van der Waals surface area contributed by atoms with Crippen molar-refractivity contribution in [2.75, 3.05) is 26.4 Å². The Labute approximate surface area is 140 Å². The molecule has 1 aromatic carbocycles. The lowest BCUT2D eigenvalue weighted by molar-refractivity contribution is -0.118. The van der Waals surface area contributed by atoms with E-state index in [1.165, 1.54) is 15.3 Å². The summed E-state index contributed by atoms with van der Waals surface area (Å²) < 4.78 is 0. The molecule has 0 spiro atoms. The van der Waals surface area contributed by atoms with Crippen molar-refractivity contribution in [1.82, 2.24) is 10.2 Å². The summed E-state index contributed by atoms with van der Waals surface area (Å²) in [7, 11) is 4.08. The molecule has 0 aliphatic heterocycles. The van der Waals surface area contributed by atoms with E-state index in [1.807, 2.05) is 32.3 Å². The first-order chi connectivity index (χ1) is 10.6. The molecule has 0 radical (unpaired) electrons. The molecule has 2 aromatic rings. The van der Waals surface area contributed by atoms with E-state index >= 15 is 0 Å². The van der Waals surface area contributed by atoms with Crippen molar-refractivity contribution in [3.8, 4) is 0 Å². The second-order valence-corrected chi connectivity index (χ2v) is 7.35. The largest absolute Gasteiger partial charge is 0.353 e. The molecule has 0 aliphatic carbocycles. The number of hydrogen-bond donors (Lipinski definition) is 1. The Morgan fingerprint density at radius 3 is 2.68 bits per heavy atom. The monoisotopic (exact) mass is 334 g/mol. The summed E-state index contributed by atoms with van der Waals surface area (Å²) in [5, 5.41) is 5.12. The molecule has 1 heterocycles. The van der Waals surface area contributed by atoms with Crippen LogP contribution in [0.15, 0.2) is 46.7 Å². The van der Waals surface area contributed by atoms with Crippen LogP contribution in [-0.4, -0.2) is 37.2 Å². The van der Waals surface area contributed by atoms with Gasteiger partial charge in [-0.25, -0.2) is 0 Å². The molecule has 0 aliphatic rings. The molecule has 22 heavy (non-hydrogen) atoms. The van der Waals surface area contributed by atoms with E-state index in [9.17, 15) is 4.79 Å². The van der Waals surface area contributed by atoms with E-state index in [2.05, 4.69) is 40.7 Å². The van der Waals surface area contributed by atoms with Crippen LogP contribution in [0, 0.1) is 6.92 Å². The third-order valence-electron chi connectivity index (χ3n) is 3.44. The number of amides is 1. The number of benzene rings is 1. The Kier molecular flexibility index (Phi) is 6.49. The maximum atomic E-state index is 12.1. The van der Waals surface area contributed by atoms with Crippen LogP contribution in [0.3, 0.4) is 0 Å². The molecule has 1 aromatic heterocycles. The van der Waals surface area contributed by atoms with Gasteiger partial charge in [-0.05, 0) is 44.1 Å². The minimum atomic E-state index is 0.0802. The number of carbonyl (C=O) groups excluding carboxylic acids is 1. The van der Waals surface area contributed by atoms with Gasteiger partial charge in [-0.1, -0.05) is 24.3 Å². The van der Waals surface area contributed by atoms with Crippen molar-refractivity contribution in [2.45, 2.75) is 17.9 Å². The maximum absolute atomic E-state index is 12.1. The van der Waals surface area contributed by atoms with Crippen LogP contribution in [0.1, 0.15) is 16.5 Å². The van der Waals surface area contributed by atoms with E-state index in [1.54, 1.807) is 23.1 Å². The van der Waals surface area contributed by atoms with Crippen molar-refractivity contribution >= 4 is 29.0 Å². The molecule has 118 valence electrons. The van der Waals surface area contributed by atoms with E-state index in [4.69, 9.17) is 0 Å². The first-order valence-electron chi connectivity index (χ1n) is 7.23. The highest BCUT2D eigenvalue weighted by atomic mass is 32.2. The average molecular weight is 335 g/mol. The minimum absolute atomic E-state index is 0.0802. The zero-order valence-corrected chi connectivity index (χ0v) is 14.8. The van der Waals surface area contributed by atoms with Gasteiger partial charge in [0.2, 0.25) is 5.91 Å². The molecule has 5 heteroatoms. The molecule has 1 atom stereocenters. The van der Waals surface area contributed by atoms with Gasteiger partial charge in [-0.15, -0.1) is 23.1 Å². The topological polar surface area (TPSA) is 32.3 Å². The average Bonchev–Trinajstić information content (AvgIpc) is 3.00. The summed E-state index contributed by atoms with van der Waals surface area (Å²) in [5.41, 5.74) is 1.21. The first kappa shape index (κ1) is 17.1. The highest BCUT2D eigenvalue weighted by Crippen LogP contribution is 2.23. The Bertz CT molecular complexity index is 596. The number of rotatable bonds is 7. The number of aryl methyl sites for hydroxylation is 1. The van der Waals surface area contributed by atoms with Gasteiger partial charge >= 0.3 is 0 Å². The van der Waals surface area contributed by atoms with Crippen LogP contribution in [0.4, 0.5) is 0 Å². The standard InChI is InChI=1S/C17H22N2OS2/c1-13-7-4-5-8-15(13)22-12-17(20)18-11-14(19(2)3)16-9-6-10-21-16/h4-10,14H,11-12H2,1-3H3,(H,18,20)/t14-/m1/s1. The zero-order chi connectivity index (χ0) is 15.9. The van der Waals surface area contributed by atoms with Gasteiger partial charge in [0.05, 0.1) is 11.8 Å². The SMILES string of the molecule is Cc1ccccc1SCC(=O)NC[C@H](c1cccs1)N(C)C. The van der Waals surface area contributed by atoms with Crippen molar-refractivity contribution < 1.29 is 4.79 Å². The molecule has 0 unspecified atom stereocenters. The number of nitrogens with one attached hydrogen (secondary N) is 1. The van der Waals surface area contributed by atoms with Gasteiger partial charge in [-0.2, -0.15) is 0 Å². The van der Waals surface area contributed by atoms with Crippen LogP contribution >= 0.6 is 23.1 Å². The summed E-state index contributed by atoms with van der Waals surface area (Å²) in [4.78, 5) is 16.7. The van der Waals surface area contributed by atoms with Crippen LogP contribution < -0.4 is 5.32 Å². The minimum Gasteiger partial charge on any atom is -0.353 e. The summed E-state index contributed by atoms with van der Waals surface area (Å²) in [5.74, 6) is 0.534. The highest BCUT2D eigenvalue weighted by molar-refractivity contribution is 8.00. The summed E-state index contributed by atoms with van der Waals surface area (Å²) in [6.07, 6.45) is 0. The maximum Gasteiger partial charge on any atom is 0.230 e. The molecule has 0 fully saturated rings. The normalized spacial score (nSPS) is 12.4. The van der Waals surface area contributed by atoms with E-state index in [-0.39, 0.29) is 11.9 Å². The second kappa shape index (κ2) is 8.36. The van der Waals surface area contributed by atoms with Gasteiger partial charge in [0.25, 0.3) is 0 Å². The van der Waals surface area contributed by atoms with Crippen LogP contribution in [0.2, 0.25) is 0 Å². The third-order valence-corrected chi connectivity index (χ3v) is 5.59. The van der Waals surface area contributed by atoms with Crippen LogP contribution in [-0.2, 0) is 4.79 Å². The molecular formula is C17H22N2OS2. The number of carbonyl (C=O) groups is 1. The Balaban J connectivity index is 1.83. The van der Waals surface area contributed by atoms with Crippen LogP contribution in [0.25, 0.3) is 0 Å². The predicted molar refractivity (Wildman–Crippen MR) is 95.7 cm³/mol. The van der Waals surface area contributed by atoms with Gasteiger partial charge in [-0.3, -0.25) is 4.79 Å². The Morgan fingerprint density at radius 2 is 2.05 bits per heavy atom. The smallest absolute Gasteiger partial charge is 0.230 e. The lowest BCUT2D eigenvalue weighted by Gasteiger charge is -2.23. The lowest BCUT2D eigenvalue weighted by Crippen LogP contribution is -2.35. The molecule has 0 saturated heterocycles. The molecule has 0 bridgehead atoms. The molecule has 2 rings (SSSR count). The Hall–Kier alpha value is -1.30. The number of thioether (sulfide) groups is 1. The van der Waals surface area contributed by atoms with E-state index < -0.39 is 0 Å². The first-order valence-corrected chi connectivity index (χ1v) is 9.09. The Morgan fingerprint density at radius 1 is 1.27 bits per heavy atom. The van der Waals surface area contributed by atoms with E-state index in [0.717, 1.165) is 0 Å². The molecular weight excluding hydrogens is 312 g/mol. The fourth-order valence-electron chi connectivity index (χ4n) is 2.14. The molecule has 0 saturated carbocycles. The molecule has 1 N–H and O–H groups in total.